The Balaban J connectivity index is 2.25. The Bertz CT molecular complexity index is 1190. The van der Waals surface area contributed by atoms with Gasteiger partial charge in [0.05, 0.1) is 18.0 Å². The van der Waals surface area contributed by atoms with Crippen LogP contribution in [-0.4, -0.2) is 48.6 Å². The summed E-state index contributed by atoms with van der Waals surface area (Å²) >= 11 is 0. The number of benzodiazepines with no additional fused rings is 1. The molecule has 192 valence electrons. The van der Waals surface area contributed by atoms with Crippen molar-refractivity contribution in [1.29, 1.82) is 0 Å². The fourth-order valence-corrected chi connectivity index (χ4v) is 3.91. The summed E-state index contributed by atoms with van der Waals surface area (Å²) in [5, 5.41) is 2.49. The second-order valence-corrected chi connectivity index (χ2v) is 9.63. The predicted molar refractivity (Wildman–Crippen MR) is 135 cm³/mol. The molecule has 36 heavy (non-hydrogen) atoms. The molecule has 0 saturated heterocycles. The molecule has 2 aromatic rings. The second kappa shape index (κ2) is 10.9. The lowest BCUT2D eigenvalue weighted by atomic mass is 9.92. The molecule has 1 aliphatic rings. The second-order valence-electron chi connectivity index (χ2n) is 9.63. The predicted octanol–water partition coefficient (Wildman–Crippen LogP) is 4.55. The maximum atomic E-state index is 15.0. The molecule has 0 aromatic heterocycles. The molecule has 8 nitrogen and oxygen atoms in total. The molecule has 1 aliphatic heterocycles. The lowest BCUT2D eigenvalue weighted by molar-refractivity contribution is -0.142. The van der Waals surface area contributed by atoms with E-state index in [4.69, 9.17) is 9.47 Å². The topological polar surface area (TPSA) is 97.3 Å². The Morgan fingerprint density at radius 1 is 1.11 bits per heavy atom. The van der Waals surface area contributed by atoms with Gasteiger partial charge in [-0.15, -0.1) is 0 Å². The van der Waals surface area contributed by atoms with Crippen molar-refractivity contribution >= 4 is 29.4 Å². The van der Waals surface area contributed by atoms with E-state index >= 15 is 4.39 Å². The maximum absolute atomic E-state index is 15.0. The van der Waals surface area contributed by atoms with Gasteiger partial charge in [0.2, 0.25) is 6.17 Å². The van der Waals surface area contributed by atoms with Gasteiger partial charge in [-0.1, -0.05) is 44.2 Å². The minimum absolute atomic E-state index is 0.0466. The molecule has 0 fully saturated rings. The Kier molecular flexibility index (Phi) is 8.12. The van der Waals surface area contributed by atoms with Gasteiger partial charge in [-0.25, -0.2) is 14.2 Å². The quantitative estimate of drug-likeness (QED) is 0.591. The molecule has 2 amide bonds. The molecular formula is C27H32FN3O5. The van der Waals surface area contributed by atoms with Crippen molar-refractivity contribution < 1.29 is 28.2 Å². The lowest BCUT2D eigenvalue weighted by Gasteiger charge is -2.28. The summed E-state index contributed by atoms with van der Waals surface area (Å²) in [7, 11) is 0. The van der Waals surface area contributed by atoms with E-state index in [1.54, 1.807) is 58.0 Å². The summed E-state index contributed by atoms with van der Waals surface area (Å²) in [6.45, 7) is 10.4. The first-order valence-corrected chi connectivity index (χ1v) is 11.9. The van der Waals surface area contributed by atoms with Crippen molar-refractivity contribution in [2.45, 2.75) is 59.2 Å². The largest absolute Gasteiger partial charge is 0.465 e. The van der Waals surface area contributed by atoms with E-state index in [0.717, 1.165) is 5.56 Å². The monoisotopic (exact) mass is 497 g/mol. The van der Waals surface area contributed by atoms with Crippen LogP contribution in [-0.2, 0) is 19.1 Å². The number of anilines is 1. The number of ether oxygens (including phenoxy) is 2. The molecule has 0 saturated carbocycles. The van der Waals surface area contributed by atoms with Gasteiger partial charge >= 0.3 is 12.1 Å². The number of fused-ring (bicyclic) bond motifs is 1. The van der Waals surface area contributed by atoms with E-state index in [0.29, 0.717) is 11.3 Å². The van der Waals surface area contributed by atoms with Crippen molar-refractivity contribution in [3.63, 3.8) is 0 Å². The van der Waals surface area contributed by atoms with Gasteiger partial charge < -0.3 is 9.47 Å². The number of nitrogens with one attached hydrogen (secondary N) is 1. The fraction of sp³-hybridized carbons (Fsp3) is 0.407. The number of halogens is 1. The van der Waals surface area contributed by atoms with Crippen LogP contribution in [0.5, 0.6) is 0 Å². The number of carbonyl (C=O) groups is 3. The highest BCUT2D eigenvalue weighted by atomic mass is 19.1. The first-order valence-electron chi connectivity index (χ1n) is 11.9. The number of hydrogen-bond donors (Lipinski definition) is 1. The van der Waals surface area contributed by atoms with Crippen LogP contribution >= 0.6 is 0 Å². The standard InChI is InChI=1S/C27H32FN3O5/c1-7-35-21(32)15-31-23-17(16(2)3)12-10-13-19(23)22(18-11-8-9-14-20(18)28)29-24(25(31)33)30-26(34)36-27(4,5)6/h8-14,16,24H,7,15H2,1-6H3,(H,30,34). The summed E-state index contributed by atoms with van der Waals surface area (Å²) in [5.74, 6) is -1.88. The average Bonchev–Trinajstić information content (AvgIpc) is 2.89. The molecule has 0 bridgehead atoms. The number of esters is 1. The average molecular weight is 498 g/mol. The van der Waals surface area contributed by atoms with Crippen molar-refractivity contribution in [3.8, 4) is 0 Å². The molecule has 1 N–H and O–H groups in total. The van der Waals surface area contributed by atoms with Crippen LogP contribution in [0.1, 0.15) is 64.2 Å². The molecule has 3 rings (SSSR count). The molecule has 0 spiro atoms. The van der Waals surface area contributed by atoms with Gasteiger partial charge in [0, 0.05) is 11.1 Å². The van der Waals surface area contributed by atoms with Gasteiger partial charge in [0.25, 0.3) is 5.91 Å². The Morgan fingerprint density at radius 3 is 2.39 bits per heavy atom. The van der Waals surface area contributed by atoms with Gasteiger partial charge in [-0.3, -0.25) is 19.8 Å². The third-order valence-corrected chi connectivity index (χ3v) is 5.35. The molecule has 0 radical (unpaired) electrons. The fourth-order valence-electron chi connectivity index (χ4n) is 3.91. The van der Waals surface area contributed by atoms with E-state index in [9.17, 15) is 14.4 Å². The molecule has 9 heteroatoms. The number of benzene rings is 2. The molecule has 1 unspecified atom stereocenters. The van der Waals surface area contributed by atoms with E-state index in [2.05, 4.69) is 10.3 Å². The van der Waals surface area contributed by atoms with E-state index in [-0.39, 0.29) is 23.8 Å². The van der Waals surface area contributed by atoms with E-state index in [1.807, 2.05) is 19.9 Å². The minimum Gasteiger partial charge on any atom is -0.465 e. The third-order valence-electron chi connectivity index (χ3n) is 5.35. The first-order chi connectivity index (χ1) is 16.9. The van der Waals surface area contributed by atoms with Crippen molar-refractivity contribution in [3.05, 3.63) is 65.0 Å². The van der Waals surface area contributed by atoms with Gasteiger partial charge in [0.15, 0.2) is 0 Å². The van der Waals surface area contributed by atoms with Gasteiger partial charge in [-0.2, -0.15) is 0 Å². The zero-order valence-electron chi connectivity index (χ0n) is 21.4. The SMILES string of the molecule is CCOC(=O)CN1C(=O)C(NC(=O)OC(C)(C)C)N=C(c2ccccc2F)c2cccc(C(C)C)c21. The highest BCUT2D eigenvalue weighted by Gasteiger charge is 2.37. The van der Waals surface area contributed by atoms with Crippen LogP contribution in [0.4, 0.5) is 14.9 Å². The highest BCUT2D eigenvalue weighted by molar-refractivity contribution is 6.21. The highest BCUT2D eigenvalue weighted by Crippen LogP contribution is 2.36. The number of amides is 2. The number of alkyl carbamates (subject to hydrolysis) is 1. The van der Waals surface area contributed by atoms with Crippen LogP contribution in [0.3, 0.4) is 0 Å². The number of nitrogens with zero attached hydrogens (tertiary/aromatic N) is 2. The van der Waals surface area contributed by atoms with Crippen LogP contribution in [0.2, 0.25) is 0 Å². The van der Waals surface area contributed by atoms with Crippen molar-refractivity contribution in [1.82, 2.24) is 5.32 Å². The molecule has 0 aliphatic carbocycles. The Morgan fingerprint density at radius 2 is 1.78 bits per heavy atom. The van der Waals surface area contributed by atoms with Crippen LogP contribution in [0.15, 0.2) is 47.5 Å². The van der Waals surface area contributed by atoms with Gasteiger partial charge in [0.1, 0.15) is 18.0 Å². The lowest BCUT2D eigenvalue weighted by Crippen LogP contribution is -2.50. The minimum atomic E-state index is -1.48. The molecule has 1 heterocycles. The van der Waals surface area contributed by atoms with Crippen LogP contribution in [0, 0.1) is 5.82 Å². The number of rotatable bonds is 6. The van der Waals surface area contributed by atoms with Crippen LogP contribution < -0.4 is 10.2 Å². The van der Waals surface area contributed by atoms with Gasteiger partial charge in [-0.05, 0) is 51.3 Å². The Hall–Kier alpha value is -3.75. The summed E-state index contributed by atoms with van der Waals surface area (Å²) < 4.78 is 25.5. The normalized spacial score (nSPS) is 15.7. The summed E-state index contributed by atoms with van der Waals surface area (Å²) in [6, 6.07) is 11.4. The molecular weight excluding hydrogens is 465 g/mol. The number of para-hydroxylation sites is 1. The van der Waals surface area contributed by atoms with E-state index < -0.39 is 42.1 Å². The molecule has 2 aromatic carbocycles. The van der Waals surface area contributed by atoms with Crippen molar-refractivity contribution in [2.75, 3.05) is 18.1 Å². The summed E-state index contributed by atoms with van der Waals surface area (Å²) in [4.78, 5) is 44.8. The zero-order valence-corrected chi connectivity index (χ0v) is 21.4. The maximum Gasteiger partial charge on any atom is 0.409 e. The third kappa shape index (κ3) is 6.08. The number of hydrogen-bond acceptors (Lipinski definition) is 6. The summed E-state index contributed by atoms with van der Waals surface area (Å²) in [5.41, 5.74) is 1.13. The summed E-state index contributed by atoms with van der Waals surface area (Å²) in [6.07, 6.45) is -2.35. The Labute approximate surface area is 210 Å². The van der Waals surface area contributed by atoms with Crippen LogP contribution in [0.25, 0.3) is 0 Å². The number of carbonyl (C=O) groups excluding carboxylic acids is 3. The zero-order chi connectivity index (χ0) is 26.6. The van der Waals surface area contributed by atoms with Crippen molar-refractivity contribution in [2.24, 2.45) is 4.99 Å². The molecule has 1 atom stereocenters. The first kappa shape index (κ1) is 26.8. The number of aliphatic imine (C=N–C) groups is 1. The van der Waals surface area contributed by atoms with E-state index in [1.165, 1.54) is 11.0 Å². The smallest absolute Gasteiger partial charge is 0.409 e.